The molecule has 248 valence electrons. The number of pyridine rings is 1. The third kappa shape index (κ3) is 5.82. The first-order valence-corrected chi connectivity index (χ1v) is 17.1. The Bertz CT molecular complexity index is 2350. The molecule has 7 aromatic rings. The fourth-order valence-corrected chi connectivity index (χ4v) is 6.71. The van der Waals surface area contributed by atoms with E-state index in [2.05, 4.69) is 164 Å². The van der Waals surface area contributed by atoms with Crippen LogP contribution in [0, 0.1) is 6.33 Å². The number of phenols is 1. The summed E-state index contributed by atoms with van der Waals surface area (Å²) in [6.45, 7) is 19.8. The van der Waals surface area contributed by atoms with Crippen LogP contribution in [-0.2, 0) is 16.2 Å². The number of fused-ring (bicyclic) bond motifs is 3. The Hall–Kier alpha value is -5.16. The van der Waals surface area contributed by atoms with E-state index < -0.39 is 0 Å². The molecule has 49 heavy (non-hydrogen) atoms. The van der Waals surface area contributed by atoms with Crippen molar-refractivity contribution in [1.29, 1.82) is 0 Å². The van der Waals surface area contributed by atoms with Crippen LogP contribution in [0.3, 0.4) is 0 Å². The molecular formula is C44H46N4O. The highest BCUT2D eigenvalue weighted by Gasteiger charge is 2.26. The second kappa shape index (κ2) is 11.5. The summed E-state index contributed by atoms with van der Waals surface area (Å²) in [6, 6.07) is 32.3. The number of aromatic nitrogens is 4. The highest BCUT2D eigenvalue weighted by atomic mass is 16.3. The van der Waals surface area contributed by atoms with E-state index in [1.165, 1.54) is 21.9 Å². The van der Waals surface area contributed by atoms with E-state index in [0.29, 0.717) is 0 Å². The molecule has 5 nitrogen and oxygen atoms in total. The van der Waals surface area contributed by atoms with Gasteiger partial charge in [-0.2, -0.15) is 0 Å². The lowest BCUT2D eigenvalue weighted by molar-refractivity contribution is -0.598. The summed E-state index contributed by atoms with van der Waals surface area (Å²) in [4.78, 5) is 4.87. The van der Waals surface area contributed by atoms with Gasteiger partial charge < -0.3 is 5.11 Å². The third-order valence-corrected chi connectivity index (χ3v) is 9.59. The van der Waals surface area contributed by atoms with Gasteiger partial charge in [0.15, 0.2) is 0 Å². The van der Waals surface area contributed by atoms with Gasteiger partial charge in [0.25, 0.3) is 6.33 Å². The summed E-state index contributed by atoms with van der Waals surface area (Å²) in [5.41, 5.74) is 9.19. The van der Waals surface area contributed by atoms with Gasteiger partial charge in [-0.25, -0.2) is 4.98 Å². The lowest BCUT2D eigenvalue weighted by atomic mass is 9.79. The minimum Gasteiger partial charge on any atom is -0.511 e. The highest BCUT2D eigenvalue weighted by molar-refractivity contribution is 6.10. The van der Waals surface area contributed by atoms with E-state index in [4.69, 9.17) is 4.98 Å². The Morgan fingerprint density at radius 2 is 1.37 bits per heavy atom. The van der Waals surface area contributed by atoms with E-state index in [0.717, 1.165) is 44.9 Å². The minimum atomic E-state index is -0.222. The smallest absolute Gasteiger partial charge is 0.268 e. The molecule has 0 spiro atoms. The molecule has 0 radical (unpaired) electrons. The van der Waals surface area contributed by atoms with Crippen LogP contribution < -0.4 is 4.57 Å². The number of para-hydroxylation sites is 2. The summed E-state index contributed by atoms with van der Waals surface area (Å²) in [5.74, 6) is 1.20. The summed E-state index contributed by atoms with van der Waals surface area (Å²) >= 11 is 0. The van der Waals surface area contributed by atoms with Gasteiger partial charge in [0, 0.05) is 29.4 Å². The van der Waals surface area contributed by atoms with Crippen molar-refractivity contribution in [1.82, 2.24) is 14.1 Å². The topological polar surface area (TPSA) is 46.9 Å². The zero-order chi connectivity index (χ0) is 34.9. The Morgan fingerprint density at radius 1 is 0.673 bits per heavy atom. The Labute approximate surface area is 290 Å². The molecule has 0 saturated carbocycles. The van der Waals surface area contributed by atoms with E-state index in [1.54, 1.807) is 0 Å². The standard InChI is InChI=1S/C44H46N4O/c1-42(2,3)30-20-21-45-40(27-30)48-37-17-13-11-15-33(37)34-19-18-29(24-38(34)48)32-14-10-12-16-36(32)46-22-23-47(28-46)39-26-31(43(4,5)6)25-35(41(39)49)44(7,8)9/h10-27,49H,1-9H3. The van der Waals surface area contributed by atoms with Crippen LogP contribution >= 0.6 is 0 Å². The molecule has 0 aliphatic rings. The monoisotopic (exact) mass is 646 g/mol. The maximum Gasteiger partial charge on any atom is 0.268 e. The maximum atomic E-state index is 11.6. The Kier molecular flexibility index (Phi) is 7.59. The second-order valence-corrected chi connectivity index (χ2v) is 16.3. The van der Waals surface area contributed by atoms with Crippen molar-refractivity contribution in [3.8, 4) is 34.1 Å². The molecule has 1 N–H and O–H groups in total. The number of aromatic hydroxyl groups is 1. The van der Waals surface area contributed by atoms with E-state index >= 15 is 0 Å². The molecule has 0 amide bonds. The molecule has 4 aromatic carbocycles. The van der Waals surface area contributed by atoms with Crippen molar-refractivity contribution in [3.05, 3.63) is 133 Å². The van der Waals surface area contributed by atoms with Crippen LogP contribution in [0.15, 0.2) is 110 Å². The van der Waals surface area contributed by atoms with Crippen molar-refractivity contribution in [3.63, 3.8) is 0 Å². The lowest BCUT2D eigenvalue weighted by Crippen LogP contribution is -2.29. The average molecular weight is 647 g/mol. The van der Waals surface area contributed by atoms with Crippen molar-refractivity contribution < 1.29 is 9.67 Å². The van der Waals surface area contributed by atoms with Crippen LogP contribution in [0.4, 0.5) is 0 Å². The molecule has 3 heterocycles. The second-order valence-electron chi connectivity index (χ2n) is 16.3. The first kappa shape index (κ1) is 32.4. The zero-order valence-corrected chi connectivity index (χ0v) is 30.1. The molecule has 3 aromatic heterocycles. The molecular weight excluding hydrogens is 601 g/mol. The van der Waals surface area contributed by atoms with Gasteiger partial charge >= 0.3 is 0 Å². The first-order chi connectivity index (χ1) is 23.1. The normalized spacial score (nSPS) is 12.7. The van der Waals surface area contributed by atoms with Crippen molar-refractivity contribution in [2.24, 2.45) is 0 Å². The van der Waals surface area contributed by atoms with Gasteiger partial charge in [0.1, 0.15) is 17.3 Å². The van der Waals surface area contributed by atoms with Crippen molar-refractivity contribution >= 4 is 21.8 Å². The van der Waals surface area contributed by atoms with E-state index in [9.17, 15) is 5.11 Å². The van der Waals surface area contributed by atoms with Gasteiger partial charge in [0.05, 0.1) is 16.7 Å². The predicted octanol–water partition coefficient (Wildman–Crippen LogP) is 10.3. The average Bonchev–Trinajstić information content (AvgIpc) is 3.66. The van der Waals surface area contributed by atoms with Gasteiger partial charge in [-0.1, -0.05) is 117 Å². The number of hydrogen-bond donors (Lipinski definition) is 1. The van der Waals surface area contributed by atoms with Gasteiger partial charge in [0.2, 0.25) is 0 Å². The molecule has 0 saturated heterocycles. The van der Waals surface area contributed by atoms with Crippen molar-refractivity contribution in [2.45, 2.75) is 78.6 Å². The molecule has 0 bridgehead atoms. The maximum absolute atomic E-state index is 11.6. The third-order valence-electron chi connectivity index (χ3n) is 9.59. The summed E-state index contributed by atoms with van der Waals surface area (Å²) in [7, 11) is 0. The number of imidazole rings is 1. The zero-order valence-electron chi connectivity index (χ0n) is 30.1. The van der Waals surface area contributed by atoms with E-state index in [1.807, 2.05) is 27.7 Å². The molecule has 0 aliphatic carbocycles. The quantitative estimate of drug-likeness (QED) is 0.153. The summed E-state index contributed by atoms with van der Waals surface area (Å²) < 4.78 is 6.22. The molecule has 0 aliphatic heterocycles. The SMILES string of the molecule is CC(C)(C)c1ccnc(-n2c3ccccc3c3ccc(-c4ccccc4-[n+]4[c-]n(-c5cc(C(C)(C)C)cc(C(C)(C)C)c5O)cc4)cc32)c1. The lowest BCUT2D eigenvalue weighted by Gasteiger charge is -2.27. The molecule has 0 fully saturated rings. The minimum absolute atomic E-state index is 0.00381. The largest absolute Gasteiger partial charge is 0.511 e. The van der Waals surface area contributed by atoms with Gasteiger partial charge in [-0.15, -0.1) is 0 Å². The predicted molar refractivity (Wildman–Crippen MR) is 201 cm³/mol. The Balaban J connectivity index is 1.38. The summed E-state index contributed by atoms with van der Waals surface area (Å²) in [5, 5.41) is 14.0. The fourth-order valence-electron chi connectivity index (χ4n) is 6.71. The number of hydrogen-bond acceptors (Lipinski definition) is 2. The number of nitrogens with zero attached hydrogens (tertiary/aromatic N) is 4. The molecule has 0 atom stereocenters. The Morgan fingerprint density at radius 3 is 2.10 bits per heavy atom. The highest BCUT2D eigenvalue weighted by Crippen LogP contribution is 2.40. The van der Waals surface area contributed by atoms with Crippen LogP contribution in [0.25, 0.3) is 50.1 Å². The van der Waals surface area contributed by atoms with Crippen LogP contribution in [0.5, 0.6) is 5.75 Å². The molecule has 7 rings (SSSR count). The van der Waals surface area contributed by atoms with E-state index in [-0.39, 0.29) is 22.0 Å². The van der Waals surface area contributed by atoms with Crippen LogP contribution in [0.1, 0.15) is 79.0 Å². The van der Waals surface area contributed by atoms with Crippen LogP contribution in [0.2, 0.25) is 0 Å². The number of rotatable bonds is 4. The molecule has 5 heteroatoms. The van der Waals surface area contributed by atoms with Gasteiger partial charge in [-0.3, -0.25) is 13.7 Å². The van der Waals surface area contributed by atoms with Gasteiger partial charge in [-0.05, 0) is 80.5 Å². The fraction of sp³-hybridized carbons (Fsp3) is 0.273. The number of benzene rings is 4. The first-order valence-electron chi connectivity index (χ1n) is 17.1. The summed E-state index contributed by atoms with van der Waals surface area (Å²) in [6.07, 6.45) is 9.43. The number of phenolic OH excluding ortho intramolecular Hbond substituents is 1. The van der Waals surface area contributed by atoms with Crippen LogP contribution in [-0.4, -0.2) is 19.2 Å². The molecule has 0 unspecified atom stereocenters. The van der Waals surface area contributed by atoms with Crippen molar-refractivity contribution in [2.75, 3.05) is 0 Å².